The number of nitrogens with two attached hydrogens (primary N) is 1. The summed E-state index contributed by atoms with van der Waals surface area (Å²) in [6.45, 7) is 4.24. The number of nitro groups is 1. The molecule has 1 atom stereocenters. The molecule has 0 bridgehead atoms. The van der Waals surface area contributed by atoms with E-state index in [-0.39, 0.29) is 11.6 Å². The monoisotopic (exact) mass is 308 g/mol. The maximum absolute atomic E-state index is 10.8. The van der Waals surface area contributed by atoms with Crippen LogP contribution in [0.4, 0.5) is 11.4 Å². The van der Waals surface area contributed by atoms with Crippen LogP contribution in [0.2, 0.25) is 0 Å². The molecule has 0 radical (unpaired) electrons. The van der Waals surface area contributed by atoms with Crippen molar-refractivity contribution in [1.82, 2.24) is 10.1 Å². The Labute approximate surface area is 126 Å². The molecular weight excluding hydrogens is 292 g/mol. The summed E-state index contributed by atoms with van der Waals surface area (Å²) in [7, 11) is 0. The molecule has 7 nitrogen and oxygen atoms in total. The number of nitrogens with zero attached hydrogens (tertiary/aromatic N) is 3. The molecule has 0 aliphatic heterocycles. The molecule has 112 valence electrons. The number of thioether (sulfide) groups is 1. The second kappa shape index (κ2) is 6.57. The zero-order chi connectivity index (χ0) is 15.4. The zero-order valence-corrected chi connectivity index (χ0v) is 12.6. The minimum absolute atomic E-state index is 0.0621. The van der Waals surface area contributed by atoms with Gasteiger partial charge in [0.2, 0.25) is 0 Å². The van der Waals surface area contributed by atoms with E-state index in [0.717, 1.165) is 6.42 Å². The number of nitro benzene ring substituents is 1. The average molecular weight is 308 g/mol. The lowest BCUT2D eigenvalue weighted by molar-refractivity contribution is -0.384. The van der Waals surface area contributed by atoms with Crippen molar-refractivity contribution in [2.45, 2.75) is 31.3 Å². The van der Waals surface area contributed by atoms with Gasteiger partial charge < -0.3 is 10.3 Å². The summed E-state index contributed by atoms with van der Waals surface area (Å²) in [5, 5.41) is 15.2. The van der Waals surface area contributed by atoms with Gasteiger partial charge in [-0.05, 0) is 12.5 Å². The van der Waals surface area contributed by atoms with E-state index in [1.165, 1.54) is 18.2 Å². The SMILES string of the molecule is CCC(C)SCc1noc(-c2cc([N+](=O)[O-])ccc2N)n1. The summed E-state index contributed by atoms with van der Waals surface area (Å²) in [4.78, 5) is 14.6. The molecule has 0 spiro atoms. The second-order valence-electron chi connectivity index (χ2n) is 4.57. The van der Waals surface area contributed by atoms with Crippen molar-refractivity contribution in [3.8, 4) is 11.5 Å². The Morgan fingerprint density at radius 3 is 2.95 bits per heavy atom. The molecule has 1 heterocycles. The zero-order valence-electron chi connectivity index (χ0n) is 11.8. The number of benzene rings is 1. The molecule has 2 rings (SSSR count). The summed E-state index contributed by atoms with van der Waals surface area (Å²) >= 11 is 1.73. The number of nitrogen functional groups attached to an aromatic ring is 1. The predicted octanol–water partition coefficient (Wildman–Crippen LogP) is 3.26. The Morgan fingerprint density at radius 1 is 1.52 bits per heavy atom. The molecule has 2 N–H and O–H groups in total. The molecular formula is C13H16N4O3S. The minimum atomic E-state index is -0.487. The summed E-state index contributed by atoms with van der Waals surface area (Å²) in [6.07, 6.45) is 1.06. The number of hydrogen-bond donors (Lipinski definition) is 1. The van der Waals surface area contributed by atoms with Crippen molar-refractivity contribution < 1.29 is 9.45 Å². The Kier molecular flexibility index (Phi) is 4.79. The Bertz CT molecular complexity index is 644. The number of anilines is 1. The van der Waals surface area contributed by atoms with Crippen molar-refractivity contribution in [2.24, 2.45) is 0 Å². The Balaban J connectivity index is 2.21. The van der Waals surface area contributed by atoms with E-state index in [4.69, 9.17) is 10.3 Å². The molecule has 8 heteroatoms. The molecule has 1 unspecified atom stereocenters. The van der Waals surface area contributed by atoms with E-state index >= 15 is 0 Å². The van der Waals surface area contributed by atoms with Gasteiger partial charge in [0.1, 0.15) is 0 Å². The van der Waals surface area contributed by atoms with Gasteiger partial charge in [-0.15, -0.1) is 0 Å². The standard InChI is InChI=1S/C13H16N4O3S/c1-3-8(2)21-7-12-15-13(20-16-12)10-6-9(17(18)19)4-5-11(10)14/h4-6,8H,3,7,14H2,1-2H3. The molecule has 0 saturated carbocycles. The van der Waals surface area contributed by atoms with Gasteiger partial charge in [0.15, 0.2) is 5.82 Å². The highest BCUT2D eigenvalue weighted by molar-refractivity contribution is 7.99. The largest absolute Gasteiger partial charge is 0.398 e. The molecule has 0 saturated heterocycles. The third kappa shape index (κ3) is 3.72. The van der Waals surface area contributed by atoms with E-state index < -0.39 is 4.92 Å². The maximum atomic E-state index is 10.8. The molecule has 0 aliphatic carbocycles. The fourth-order valence-electron chi connectivity index (χ4n) is 1.60. The van der Waals surface area contributed by atoms with Crippen LogP contribution in [0.15, 0.2) is 22.7 Å². The molecule has 0 aliphatic rings. The molecule has 21 heavy (non-hydrogen) atoms. The van der Waals surface area contributed by atoms with Crippen LogP contribution in [0.1, 0.15) is 26.1 Å². The molecule has 1 aromatic heterocycles. The lowest BCUT2D eigenvalue weighted by Gasteiger charge is -2.04. The van der Waals surface area contributed by atoms with Gasteiger partial charge in [-0.3, -0.25) is 10.1 Å². The van der Waals surface area contributed by atoms with Gasteiger partial charge in [-0.25, -0.2) is 0 Å². The van der Waals surface area contributed by atoms with Gasteiger partial charge >= 0.3 is 0 Å². The fraction of sp³-hybridized carbons (Fsp3) is 0.385. The summed E-state index contributed by atoms with van der Waals surface area (Å²) < 4.78 is 5.16. The smallest absolute Gasteiger partial charge is 0.270 e. The summed E-state index contributed by atoms with van der Waals surface area (Å²) in [5.74, 6) is 1.39. The molecule has 0 fully saturated rings. The van der Waals surface area contributed by atoms with Crippen LogP contribution in [0.5, 0.6) is 0 Å². The van der Waals surface area contributed by atoms with Crippen LogP contribution >= 0.6 is 11.8 Å². The van der Waals surface area contributed by atoms with Crippen LogP contribution in [0.25, 0.3) is 11.5 Å². The minimum Gasteiger partial charge on any atom is -0.398 e. The van der Waals surface area contributed by atoms with E-state index in [9.17, 15) is 10.1 Å². The maximum Gasteiger partial charge on any atom is 0.270 e. The molecule has 1 aromatic carbocycles. The van der Waals surface area contributed by atoms with Crippen molar-refractivity contribution >= 4 is 23.1 Å². The number of rotatable bonds is 6. The predicted molar refractivity (Wildman–Crippen MR) is 81.8 cm³/mol. The highest BCUT2D eigenvalue weighted by Crippen LogP contribution is 2.29. The first-order valence-electron chi connectivity index (χ1n) is 6.49. The molecule has 0 amide bonds. The van der Waals surface area contributed by atoms with Gasteiger partial charge in [-0.2, -0.15) is 16.7 Å². The number of hydrogen-bond acceptors (Lipinski definition) is 7. The molecule has 2 aromatic rings. The highest BCUT2D eigenvalue weighted by atomic mass is 32.2. The van der Waals surface area contributed by atoms with E-state index in [2.05, 4.69) is 24.0 Å². The number of aromatic nitrogens is 2. The first kappa shape index (κ1) is 15.3. The summed E-state index contributed by atoms with van der Waals surface area (Å²) in [6, 6.07) is 4.15. The highest BCUT2D eigenvalue weighted by Gasteiger charge is 2.16. The quantitative estimate of drug-likeness (QED) is 0.495. The van der Waals surface area contributed by atoms with Gasteiger partial charge in [-0.1, -0.05) is 19.0 Å². The van der Waals surface area contributed by atoms with Crippen molar-refractivity contribution in [1.29, 1.82) is 0 Å². The van der Waals surface area contributed by atoms with Crippen LogP contribution in [0.3, 0.4) is 0 Å². The van der Waals surface area contributed by atoms with Crippen LogP contribution < -0.4 is 5.73 Å². The lowest BCUT2D eigenvalue weighted by atomic mass is 10.1. The second-order valence-corrected chi connectivity index (χ2v) is 6.00. The van der Waals surface area contributed by atoms with Crippen molar-refractivity contribution in [2.75, 3.05) is 5.73 Å². The Hall–Kier alpha value is -2.09. The first-order valence-corrected chi connectivity index (χ1v) is 7.54. The fourth-order valence-corrected chi connectivity index (χ4v) is 2.39. The van der Waals surface area contributed by atoms with Crippen molar-refractivity contribution in [3.63, 3.8) is 0 Å². The summed E-state index contributed by atoms with van der Waals surface area (Å²) in [5.41, 5.74) is 6.51. The van der Waals surface area contributed by atoms with Gasteiger partial charge in [0, 0.05) is 23.1 Å². The van der Waals surface area contributed by atoms with E-state index in [1.54, 1.807) is 11.8 Å². The van der Waals surface area contributed by atoms with Gasteiger partial charge in [0.05, 0.1) is 16.2 Å². The third-order valence-electron chi connectivity index (χ3n) is 3.02. The van der Waals surface area contributed by atoms with Gasteiger partial charge in [0.25, 0.3) is 11.6 Å². The Morgan fingerprint density at radius 2 is 2.29 bits per heavy atom. The van der Waals surface area contributed by atoms with Crippen LogP contribution in [-0.4, -0.2) is 20.3 Å². The lowest BCUT2D eigenvalue weighted by Crippen LogP contribution is -1.95. The van der Waals surface area contributed by atoms with E-state index in [0.29, 0.717) is 28.1 Å². The van der Waals surface area contributed by atoms with Crippen LogP contribution in [0, 0.1) is 10.1 Å². The normalized spacial score (nSPS) is 12.3. The third-order valence-corrected chi connectivity index (χ3v) is 4.35. The average Bonchev–Trinajstić information content (AvgIpc) is 2.93. The topological polar surface area (TPSA) is 108 Å². The van der Waals surface area contributed by atoms with Crippen molar-refractivity contribution in [3.05, 3.63) is 34.1 Å². The van der Waals surface area contributed by atoms with Crippen LogP contribution in [-0.2, 0) is 5.75 Å². The first-order chi connectivity index (χ1) is 10.0. The van der Waals surface area contributed by atoms with E-state index in [1.807, 2.05) is 0 Å². The number of non-ortho nitro benzene ring substituents is 1.